The van der Waals surface area contributed by atoms with Gasteiger partial charge in [0.15, 0.2) is 0 Å². The van der Waals surface area contributed by atoms with E-state index in [9.17, 15) is 0 Å². The fourth-order valence-corrected chi connectivity index (χ4v) is 2.27. The minimum Gasteiger partial charge on any atom is -0.328 e. The van der Waals surface area contributed by atoms with E-state index in [4.69, 9.17) is 0 Å². The van der Waals surface area contributed by atoms with E-state index in [0.717, 1.165) is 12.4 Å². The number of quaternary nitrogens is 2. The molecule has 1 fully saturated rings. The summed E-state index contributed by atoms with van der Waals surface area (Å²) in [7, 11) is 2.26. The monoisotopic (exact) mass is 240 g/mol. The summed E-state index contributed by atoms with van der Waals surface area (Å²) < 4.78 is 1.95. The van der Waals surface area contributed by atoms with Crippen molar-refractivity contribution < 1.29 is 9.80 Å². The summed E-state index contributed by atoms with van der Waals surface area (Å²) in [6, 6.07) is 0. The van der Waals surface area contributed by atoms with Gasteiger partial charge < -0.3 is 9.80 Å². The Balaban J connectivity index is 2.02. The third kappa shape index (κ3) is 3.01. The number of likely N-dealkylation sites (N-methyl/N-ethyl adjacent to an activating group) is 1. The number of nitrogens with zero attached hydrogens (tertiary/aromatic N) is 4. The molecule has 0 atom stereocenters. The highest BCUT2D eigenvalue weighted by atomic mass is 15.6. The number of piperazine rings is 1. The van der Waals surface area contributed by atoms with Gasteiger partial charge in [-0.15, -0.1) is 5.10 Å². The average Bonchev–Trinajstić information content (AvgIpc) is 2.69. The lowest BCUT2D eigenvalue weighted by Crippen LogP contribution is -3.26. The Kier molecular flexibility index (Phi) is 3.44. The molecule has 1 saturated heterocycles. The number of nitrogens with one attached hydrogen (secondary N) is 2. The zero-order chi connectivity index (χ0) is 12.5. The van der Waals surface area contributed by atoms with Crippen LogP contribution >= 0.6 is 0 Å². The fraction of sp³-hybridized carbons (Fsp3) is 0.909. The molecule has 0 radical (unpaired) electrons. The van der Waals surface area contributed by atoms with Crippen LogP contribution in [0.5, 0.6) is 0 Å². The third-order valence-corrected chi connectivity index (χ3v) is 3.39. The molecule has 17 heavy (non-hydrogen) atoms. The van der Waals surface area contributed by atoms with Crippen LogP contribution in [0, 0.1) is 0 Å². The first-order valence-corrected chi connectivity index (χ1v) is 6.39. The van der Waals surface area contributed by atoms with Gasteiger partial charge in [0, 0.05) is 0 Å². The van der Waals surface area contributed by atoms with Gasteiger partial charge in [-0.2, -0.15) is 0 Å². The van der Waals surface area contributed by atoms with Crippen molar-refractivity contribution >= 4 is 0 Å². The van der Waals surface area contributed by atoms with Crippen LogP contribution in [0.1, 0.15) is 26.6 Å². The first-order chi connectivity index (χ1) is 7.97. The Morgan fingerprint density at radius 1 is 1.18 bits per heavy atom. The van der Waals surface area contributed by atoms with E-state index in [1.807, 2.05) is 4.68 Å². The molecule has 1 aliphatic rings. The normalized spacial score (nSPS) is 26.1. The second kappa shape index (κ2) is 4.70. The van der Waals surface area contributed by atoms with Gasteiger partial charge in [0.05, 0.1) is 12.6 Å². The largest absolute Gasteiger partial charge is 0.328 e. The van der Waals surface area contributed by atoms with Crippen molar-refractivity contribution in [1.29, 1.82) is 0 Å². The van der Waals surface area contributed by atoms with E-state index in [2.05, 4.69) is 43.3 Å². The maximum Gasteiger partial charge on any atom is 0.206 e. The number of hydrogen-bond acceptors (Lipinski definition) is 3. The summed E-state index contributed by atoms with van der Waals surface area (Å²) in [6.45, 7) is 12.3. The van der Waals surface area contributed by atoms with E-state index in [0.29, 0.717) is 0 Å². The smallest absolute Gasteiger partial charge is 0.206 e. The van der Waals surface area contributed by atoms with Crippen molar-refractivity contribution in [2.24, 2.45) is 0 Å². The van der Waals surface area contributed by atoms with Crippen molar-refractivity contribution in [3.63, 3.8) is 0 Å². The summed E-state index contributed by atoms with van der Waals surface area (Å²) in [6.07, 6.45) is 0. The minimum absolute atomic E-state index is 0.0316. The molecule has 0 aromatic carbocycles. The first kappa shape index (κ1) is 12.4. The summed E-state index contributed by atoms with van der Waals surface area (Å²) >= 11 is 0. The van der Waals surface area contributed by atoms with Crippen LogP contribution < -0.4 is 9.80 Å². The minimum atomic E-state index is -0.0316. The van der Waals surface area contributed by atoms with Crippen molar-refractivity contribution in [3.8, 4) is 0 Å². The SMILES string of the molecule is C[NH+]1CC[NH+](Cc2nnnn2C(C)(C)C)CC1. The maximum absolute atomic E-state index is 4.17. The lowest BCUT2D eigenvalue weighted by atomic mass is 10.1. The lowest BCUT2D eigenvalue weighted by molar-refractivity contribution is -1.01. The highest BCUT2D eigenvalue weighted by Gasteiger charge is 2.25. The molecule has 1 aromatic rings. The lowest BCUT2D eigenvalue weighted by Gasteiger charge is -2.27. The Hall–Kier alpha value is -1.01. The molecule has 0 saturated carbocycles. The van der Waals surface area contributed by atoms with Gasteiger partial charge in [-0.1, -0.05) is 0 Å². The molecule has 2 rings (SSSR count). The van der Waals surface area contributed by atoms with Crippen LogP contribution in [0.4, 0.5) is 0 Å². The second-order valence-electron chi connectivity index (χ2n) is 6.06. The van der Waals surface area contributed by atoms with Crippen LogP contribution in [-0.2, 0) is 12.1 Å². The molecule has 0 amide bonds. The van der Waals surface area contributed by atoms with E-state index in [-0.39, 0.29) is 5.54 Å². The molecule has 6 heteroatoms. The van der Waals surface area contributed by atoms with Crippen LogP contribution in [0.3, 0.4) is 0 Å². The van der Waals surface area contributed by atoms with E-state index >= 15 is 0 Å². The zero-order valence-corrected chi connectivity index (χ0v) is 11.3. The average molecular weight is 240 g/mol. The van der Waals surface area contributed by atoms with E-state index in [1.54, 1.807) is 9.80 Å². The van der Waals surface area contributed by atoms with Crippen molar-refractivity contribution in [2.75, 3.05) is 33.2 Å². The van der Waals surface area contributed by atoms with Gasteiger partial charge in [0.25, 0.3) is 0 Å². The molecule has 1 aliphatic heterocycles. The molecule has 96 valence electrons. The molecule has 1 aromatic heterocycles. The molecule has 0 bridgehead atoms. The molecule has 0 unspecified atom stereocenters. The number of rotatable bonds is 2. The highest BCUT2D eigenvalue weighted by molar-refractivity contribution is 4.84. The van der Waals surface area contributed by atoms with Gasteiger partial charge in [0.2, 0.25) is 5.82 Å². The van der Waals surface area contributed by atoms with Gasteiger partial charge in [0.1, 0.15) is 32.7 Å². The fourth-order valence-electron chi connectivity index (χ4n) is 2.27. The van der Waals surface area contributed by atoms with Crippen molar-refractivity contribution in [3.05, 3.63) is 5.82 Å². The number of hydrogen-bond donors (Lipinski definition) is 2. The Labute approximate surface area is 103 Å². The quantitative estimate of drug-likeness (QED) is 0.593. The Morgan fingerprint density at radius 3 is 2.41 bits per heavy atom. The van der Waals surface area contributed by atoms with Gasteiger partial charge in [-0.05, 0) is 31.2 Å². The molecule has 6 nitrogen and oxygen atoms in total. The first-order valence-electron chi connectivity index (χ1n) is 6.39. The highest BCUT2D eigenvalue weighted by Crippen LogP contribution is 2.12. The Bertz CT molecular complexity index is 358. The maximum atomic E-state index is 4.17. The summed E-state index contributed by atoms with van der Waals surface area (Å²) in [4.78, 5) is 3.22. The standard InChI is InChI=1S/C11H22N6/c1-11(2,3)17-10(12-13-14-17)9-16-7-5-15(4)6-8-16/h5-9H2,1-4H3/p+2. The third-order valence-electron chi connectivity index (χ3n) is 3.39. The van der Waals surface area contributed by atoms with E-state index < -0.39 is 0 Å². The zero-order valence-electron chi connectivity index (χ0n) is 11.3. The molecule has 0 spiro atoms. The predicted octanol–water partition coefficient (Wildman–Crippen LogP) is -2.66. The molecular weight excluding hydrogens is 216 g/mol. The predicted molar refractivity (Wildman–Crippen MR) is 63.8 cm³/mol. The van der Waals surface area contributed by atoms with Crippen LogP contribution in [-0.4, -0.2) is 53.4 Å². The van der Waals surface area contributed by atoms with E-state index in [1.165, 1.54) is 26.2 Å². The van der Waals surface area contributed by atoms with Crippen LogP contribution in [0.2, 0.25) is 0 Å². The summed E-state index contributed by atoms with van der Waals surface area (Å²) in [5, 5.41) is 12.1. The molecule has 2 heterocycles. The van der Waals surface area contributed by atoms with Gasteiger partial charge >= 0.3 is 0 Å². The molecule has 0 aliphatic carbocycles. The van der Waals surface area contributed by atoms with Crippen LogP contribution in [0.25, 0.3) is 0 Å². The topological polar surface area (TPSA) is 52.5 Å². The number of tetrazole rings is 1. The Morgan fingerprint density at radius 2 is 1.82 bits per heavy atom. The number of aromatic nitrogens is 4. The van der Waals surface area contributed by atoms with Gasteiger partial charge in [-0.25, -0.2) is 4.68 Å². The van der Waals surface area contributed by atoms with Crippen LogP contribution in [0.15, 0.2) is 0 Å². The second-order valence-corrected chi connectivity index (χ2v) is 6.06. The molecular formula is C11H24N6+2. The van der Waals surface area contributed by atoms with Crippen molar-refractivity contribution in [2.45, 2.75) is 32.9 Å². The van der Waals surface area contributed by atoms with Gasteiger partial charge in [-0.3, -0.25) is 0 Å². The summed E-state index contributed by atoms with van der Waals surface area (Å²) in [5.41, 5.74) is -0.0316. The summed E-state index contributed by atoms with van der Waals surface area (Å²) in [5.74, 6) is 1.01. The van der Waals surface area contributed by atoms with Crippen molar-refractivity contribution in [1.82, 2.24) is 20.2 Å². The molecule has 2 N–H and O–H groups in total.